The molecule has 1 amide bonds. The lowest BCUT2D eigenvalue weighted by Crippen LogP contribution is -2.39. The maximum Gasteiger partial charge on any atom is 0.256 e. The number of benzene rings is 1. The van der Waals surface area contributed by atoms with Gasteiger partial charge in [-0.25, -0.2) is 4.98 Å². The second-order valence-electron chi connectivity index (χ2n) is 8.88. The third-order valence-electron chi connectivity index (χ3n) is 6.89. The quantitative estimate of drug-likeness (QED) is 0.759. The Labute approximate surface area is 181 Å². The molecule has 2 saturated heterocycles. The fourth-order valence-electron chi connectivity index (χ4n) is 5.19. The third kappa shape index (κ3) is 3.27. The number of ether oxygens (including phenoxy) is 3. The molecule has 2 aromatic rings. The second-order valence-corrected chi connectivity index (χ2v) is 8.88. The Kier molecular flexibility index (Phi) is 4.61. The number of amides is 1. The van der Waals surface area contributed by atoms with E-state index in [2.05, 4.69) is 30.0 Å². The number of hydrogen-bond acceptors (Lipinski definition) is 6. The molecule has 0 bridgehead atoms. The van der Waals surface area contributed by atoms with Gasteiger partial charge in [-0.15, -0.1) is 0 Å². The van der Waals surface area contributed by atoms with Crippen molar-refractivity contribution in [2.24, 2.45) is 0 Å². The van der Waals surface area contributed by atoms with Crippen LogP contribution in [0.25, 0.3) is 0 Å². The lowest BCUT2D eigenvalue weighted by atomic mass is 10.0. The van der Waals surface area contributed by atoms with Gasteiger partial charge in [0.15, 0.2) is 0 Å². The number of morpholine rings is 1. The molecule has 7 nitrogen and oxygen atoms in total. The Morgan fingerprint density at radius 3 is 2.77 bits per heavy atom. The van der Waals surface area contributed by atoms with Crippen molar-refractivity contribution in [3.8, 4) is 5.75 Å². The minimum absolute atomic E-state index is 0.0414. The number of aryl methyl sites for hydroxylation is 1. The first-order chi connectivity index (χ1) is 15.2. The summed E-state index contributed by atoms with van der Waals surface area (Å²) < 4.78 is 17.4. The summed E-state index contributed by atoms with van der Waals surface area (Å²) in [5, 5.41) is 0. The van der Waals surface area contributed by atoms with Crippen molar-refractivity contribution in [2.75, 3.05) is 37.7 Å². The van der Waals surface area contributed by atoms with Crippen LogP contribution in [0.15, 0.2) is 24.3 Å². The zero-order valence-corrected chi connectivity index (χ0v) is 17.8. The normalized spacial score (nSPS) is 23.0. The number of pyridine rings is 1. The predicted octanol–water partition coefficient (Wildman–Crippen LogP) is 3.00. The standard InChI is InChI=1S/C24H27N3O4/c1-15-10-20-22(21-14-29-9-8-27(21)24(20)28)25-23(15)26-6-4-18(5-7-26)31-19-3-2-16-12-30-13-17(16)11-19/h2-3,10-11,18,21H,4-9,12-14H2,1H3/t21-/m0/s1. The van der Waals surface area contributed by atoms with E-state index in [1.165, 1.54) is 11.1 Å². The van der Waals surface area contributed by atoms with Crippen LogP contribution in [0.5, 0.6) is 5.75 Å². The van der Waals surface area contributed by atoms with Gasteiger partial charge in [-0.2, -0.15) is 0 Å². The first-order valence-electron chi connectivity index (χ1n) is 11.2. The van der Waals surface area contributed by atoms with Gasteiger partial charge < -0.3 is 24.0 Å². The summed E-state index contributed by atoms with van der Waals surface area (Å²) in [4.78, 5) is 22.0. The Bertz CT molecular complexity index is 1030. The van der Waals surface area contributed by atoms with Crippen LogP contribution in [-0.2, 0) is 22.7 Å². The van der Waals surface area contributed by atoms with Crippen LogP contribution in [0.1, 0.15) is 51.6 Å². The molecule has 1 aromatic carbocycles. The zero-order chi connectivity index (χ0) is 20.9. The Hall–Kier alpha value is -2.64. The number of nitrogens with zero attached hydrogens (tertiary/aromatic N) is 3. The zero-order valence-electron chi connectivity index (χ0n) is 17.8. The number of fused-ring (bicyclic) bond motifs is 4. The molecular formula is C24H27N3O4. The summed E-state index contributed by atoms with van der Waals surface area (Å²) in [7, 11) is 0. The molecule has 4 aliphatic rings. The summed E-state index contributed by atoms with van der Waals surface area (Å²) in [6.07, 6.45) is 2.10. The van der Waals surface area contributed by atoms with Gasteiger partial charge in [0.05, 0.1) is 43.7 Å². The van der Waals surface area contributed by atoms with Crippen LogP contribution < -0.4 is 9.64 Å². The molecular weight excluding hydrogens is 394 g/mol. The number of aromatic nitrogens is 1. The van der Waals surface area contributed by atoms with E-state index in [1.54, 1.807) is 0 Å². The highest BCUT2D eigenvalue weighted by Gasteiger charge is 2.41. The number of carbonyl (C=O) groups excluding carboxylic acids is 1. The topological polar surface area (TPSA) is 64.1 Å². The van der Waals surface area contributed by atoms with Crippen molar-refractivity contribution in [2.45, 2.75) is 45.1 Å². The molecule has 0 saturated carbocycles. The van der Waals surface area contributed by atoms with E-state index in [0.717, 1.165) is 54.3 Å². The maximum atomic E-state index is 12.8. The highest BCUT2D eigenvalue weighted by atomic mass is 16.5. The summed E-state index contributed by atoms with van der Waals surface area (Å²) in [5.41, 5.74) is 5.19. The largest absolute Gasteiger partial charge is 0.490 e. The SMILES string of the molecule is Cc1cc2c(nc1N1CCC(Oc3ccc4c(c3)COC4)CC1)[C@@H]1COCCN1C2=O. The number of hydrogen-bond donors (Lipinski definition) is 0. The van der Waals surface area contributed by atoms with E-state index < -0.39 is 0 Å². The molecule has 162 valence electrons. The Balaban J connectivity index is 1.16. The molecule has 1 atom stereocenters. The molecule has 7 heteroatoms. The van der Waals surface area contributed by atoms with Crippen molar-refractivity contribution in [3.63, 3.8) is 0 Å². The number of carbonyl (C=O) groups is 1. The lowest BCUT2D eigenvalue weighted by molar-refractivity contribution is 0.00356. The number of rotatable bonds is 3. The van der Waals surface area contributed by atoms with Gasteiger partial charge >= 0.3 is 0 Å². The highest BCUT2D eigenvalue weighted by Crippen LogP contribution is 2.37. The molecule has 5 heterocycles. The molecule has 0 aliphatic carbocycles. The Morgan fingerprint density at radius 1 is 1.06 bits per heavy atom. The Morgan fingerprint density at radius 2 is 1.90 bits per heavy atom. The summed E-state index contributed by atoms with van der Waals surface area (Å²) in [6, 6.07) is 8.27. The van der Waals surface area contributed by atoms with Crippen LogP contribution in [0.3, 0.4) is 0 Å². The van der Waals surface area contributed by atoms with Crippen molar-refractivity contribution >= 4 is 11.7 Å². The number of anilines is 1. The number of piperidine rings is 1. The monoisotopic (exact) mass is 421 g/mol. The highest BCUT2D eigenvalue weighted by molar-refractivity contribution is 5.99. The van der Waals surface area contributed by atoms with E-state index in [0.29, 0.717) is 33.0 Å². The molecule has 1 aromatic heterocycles. The summed E-state index contributed by atoms with van der Waals surface area (Å²) >= 11 is 0. The van der Waals surface area contributed by atoms with Gasteiger partial charge in [-0.05, 0) is 41.8 Å². The van der Waals surface area contributed by atoms with Gasteiger partial charge in [-0.1, -0.05) is 6.07 Å². The molecule has 0 spiro atoms. The molecule has 6 rings (SSSR count). The predicted molar refractivity (Wildman–Crippen MR) is 114 cm³/mol. The van der Waals surface area contributed by atoms with Gasteiger partial charge in [0.25, 0.3) is 5.91 Å². The van der Waals surface area contributed by atoms with E-state index in [1.807, 2.05) is 11.0 Å². The van der Waals surface area contributed by atoms with Gasteiger partial charge in [-0.3, -0.25) is 4.79 Å². The minimum Gasteiger partial charge on any atom is -0.490 e. The van der Waals surface area contributed by atoms with Crippen LogP contribution in [-0.4, -0.2) is 54.7 Å². The smallest absolute Gasteiger partial charge is 0.256 e. The molecule has 4 aliphatic heterocycles. The third-order valence-corrected chi connectivity index (χ3v) is 6.89. The van der Waals surface area contributed by atoms with E-state index in [9.17, 15) is 4.79 Å². The van der Waals surface area contributed by atoms with Crippen molar-refractivity contribution in [3.05, 3.63) is 52.2 Å². The van der Waals surface area contributed by atoms with Crippen molar-refractivity contribution in [1.82, 2.24) is 9.88 Å². The average Bonchev–Trinajstić information content (AvgIpc) is 3.37. The van der Waals surface area contributed by atoms with Gasteiger partial charge in [0, 0.05) is 32.5 Å². The molecule has 0 unspecified atom stereocenters. The van der Waals surface area contributed by atoms with Gasteiger partial charge in [0.2, 0.25) is 0 Å². The molecule has 2 fully saturated rings. The van der Waals surface area contributed by atoms with Crippen LogP contribution in [0.4, 0.5) is 5.82 Å². The van der Waals surface area contributed by atoms with E-state index >= 15 is 0 Å². The summed E-state index contributed by atoms with van der Waals surface area (Å²) in [6.45, 7) is 7.01. The first kappa shape index (κ1) is 19.1. The minimum atomic E-state index is -0.0414. The van der Waals surface area contributed by atoms with E-state index in [-0.39, 0.29) is 18.1 Å². The molecule has 31 heavy (non-hydrogen) atoms. The fraction of sp³-hybridized carbons (Fsp3) is 0.500. The lowest BCUT2D eigenvalue weighted by Gasteiger charge is -2.34. The molecule has 0 radical (unpaired) electrons. The van der Waals surface area contributed by atoms with Crippen molar-refractivity contribution < 1.29 is 19.0 Å². The van der Waals surface area contributed by atoms with E-state index in [4.69, 9.17) is 19.2 Å². The van der Waals surface area contributed by atoms with Crippen LogP contribution in [0.2, 0.25) is 0 Å². The van der Waals surface area contributed by atoms with Crippen LogP contribution in [0, 0.1) is 6.92 Å². The van der Waals surface area contributed by atoms with Gasteiger partial charge in [0.1, 0.15) is 17.7 Å². The second kappa shape index (κ2) is 7.50. The summed E-state index contributed by atoms with van der Waals surface area (Å²) in [5.74, 6) is 2.02. The maximum absolute atomic E-state index is 12.8. The van der Waals surface area contributed by atoms with Crippen molar-refractivity contribution in [1.29, 1.82) is 0 Å². The first-order valence-corrected chi connectivity index (χ1v) is 11.2. The average molecular weight is 421 g/mol. The molecule has 0 N–H and O–H groups in total. The fourth-order valence-corrected chi connectivity index (χ4v) is 5.19. The van der Waals surface area contributed by atoms with Crippen LogP contribution >= 0.6 is 0 Å².